The maximum atomic E-state index is 12.5. The molecule has 0 bridgehead atoms. The molecule has 0 amide bonds. The summed E-state index contributed by atoms with van der Waals surface area (Å²) in [7, 11) is 0. The first-order chi connectivity index (χ1) is 14.6. The Labute approximate surface area is 175 Å². The highest BCUT2D eigenvalue weighted by atomic mass is 16.5. The summed E-state index contributed by atoms with van der Waals surface area (Å²) in [5.41, 5.74) is 2.54. The van der Waals surface area contributed by atoms with Gasteiger partial charge in [0.05, 0.1) is 36.6 Å². The topological polar surface area (TPSA) is 86.8 Å². The normalized spacial score (nSPS) is 10.5. The zero-order valence-electron chi connectivity index (χ0n) is 17.2. The fraction of sp³-hybridized carbons (Fsp3) is 0.261. The standard InChI is InChI=1S/C23H24N2O5/c1-4-28-17-10-8-16(9-11-17)25-21-18-13-15(22(26)29-5-2)7-12-20(18)24-14-19(21)23(27)30-6-3/h7-14H,4-6H2,1-3H3,(H,24,25). The number of ether oxygens (including phenoxy) is 3. The number of aromatic nitrogens is 1. The summed E-state index contributed by atoms with van der Waals surface area (Å²) in [6.45, 7) is 6.49. The van der Waals surface area contributed by atoms with Crippen molar-refractivity contribution in [3.05, 3.63) is 59.8 Å². The van der Waals surface area contributed by atoms with E-state index in [2.05, 4.69) is 10.3 Å². The monoisotopic (exact) mass is 408 g/mol. The first-order valence-electron chi connectivity index (χ1n) is 9.84. The predicted molar refractivity (Wildman–Crippen MR) is 115 cm³/mol. The Kier molecular flexibility index (Phi) is 6.85. The number of hydrogen-bond acceptors (Lipinski definition) is 7. The van der Waals surface area contributed by atoms with E-state index in [9.17, 15) is 9.59 Å². The van der Waals surface area contributed by atoms with Crippen LogP contribution in [0.4, 0.5) is 11.4 Å². The van der Waals surface area contributed by atoms with Crippen LogP contribution < -0.4 is 10.1 Å². The molecule has 2 aromatic carbocycles. The second-order valence-electron chi connectivity index (χ2n) is 6.30. The molecule has 0 spiro atoms. The lowest BCUT2D eigenvalue weighted by molar-refractivity contribution is 0.0518. The molecule has 0 unspecified atom stereocenters. The van der Waals surface area contributed by atoms with Crippen LogP contribution in [-0.2, 0) is 9.47 Å². The molecule has 7 nitrogen and oxygen atoms in total. The van der Waals surface area contributed by atoms with E-state index < -0.39 is 11.9 Å². The summed E-state index contributed by atoms with van der Waals surface area (Å²) >= 11 is 0. The van der Waals surface area contributed by atoms with Crippen molar-refractivity contribution < 1.29 is 23.8 Å². The number of esters is 2. The largest absolute Gasteiger partial charge is 0.494 e. The Morgan fingerprint density at radius 3 is 2.27 bits per heavy atom. The van der Waals surface area contributed by atoms with E-state index in [4.69, 9.17) is 14.2 Å². The average molecular weight is 408 g/mol. The third-order valence-corrected chi connectivity index (χ3v) is 4.31. The minimum atomic E-state index is -0.498. The molecule has 0 atom stereocenters. The number of carbonyl (C=O) groups is 2. The molecular formula is C23H24N2O5. The summed E-state index contributed by atoms with van der Waals surface area (Å²) in [6.07, 6.45) is 1.47. The van der Waals surface area contributed by atoms with Crippen molar-refractivity contribution in [2.75, 3.05) is 25.1 Å². The number of pyridine rings is 1. The molecule has 30 heavy (non-hydrogen) atoms. The van der Waals surface area contributed by atoms with Crippen LogP contribution in [-0.4, -0.2) is 36.7 Å². The molecular weight excluding hydrogens is 384 g/mol. The lowest BCUT2D eigenvalue weighted by Crippen LogP contribution is -2.10. The summed E-state index contributed by atoms with van der Waals surface area (Å²) in [6, 6.07) is 12.4. The van der Waals surface area contributed by atoms with Crippen molar-refractivity contribution in [2.24, 2.45) is 0 Å². The van der Waals surface area contributed by atoms with Gasteiger partial charge in [-0.15, -0.1) is 0 Å². The molecule has 0 radical (unpaired) electrons. The van der Waals surface area contributed by atoms with Crippen molar-refractivity contribution in [3.8, 4) is 5.75 Å². The van der Waals surface area contributed by atoms with Crippen LogP contribution in [0.1, 0.15) is 41.5 Å². The van der Waals surface area contributed by atoms with Crippen LogP contribution in [0.5, 0.6) is 5.75 Å². The van der Waals surface area contributed by atoms with Gasteiger partial charge in [-0.1, -0.05) is 0 Å². The SMILES string of the molecule is CCOC(=O)c1ccc2ncc(C(=O)OCC)c(Nc3ccc(OCC)cc3)c2c1. The quantitative estimate of drug-likeness (QED) is 0.539. The molecule has 156 valence electrons. The fourth-order valence-electron chi connectivity index (χ4n) is 2.98. The van der Waals surface area contributed by atoms with Crippen molar-refractivity contribution in [2.45, 2.75) is 20.8 Å². The Hall–Kier alpha value is -3.61. The van der Waals surface area contributed by atoms with Gasteiger partial charge in [0.25, 0.3) is 0 Å². The van der Waals surface area contributed by atoms with E-state index in [0.29, 0.717) is 28.8 Å². The molecule has 0 aliphatic rings. The molecule has 0 fully saturated rings. The van der Waals surface area contributed by atoms with Gasteiger partial charge in [0.2, 0.25) is 0 Å². The van der Waals surface area contributed by atoms with Crippen molar-refractivity contribution in [1.29, 1.82) is 0 Å². The van der Waals surface area contributed by atoms with Gasteiger partial charge < -0.3 is 19.5 Å². The Morgan fingerprint density at radius 1 is 0.900 bits per heavy atom. The molecule has 0 aliphatic carbocycles. The Bertz CT molecular complexity index is 1040. The smallest absolute Gasteiger partial charge is 0.341 e. The number of nitrogens with one attached hydrogen (secondary N) is 1. The van der Waals surface area contributed by atoms with Gasteiger partial charge in [0.15, 0.2) is 0 Å². The van der Waals surface area contributed by atoms with Crippen molar-refractivity contribution in [3.63, 3.8) is 0 Å². The van der Waals surface area contributed by atoms with Crippen LogP contribution in [0, 0.1) is 0 Å². The minimum absolute atomic E-state index is 0.238. The van der Waals surface area contributed by atoms with Gasteiger partial charge in [-0.3, -0.25) is 4.98 Å². The zero-order chi connectivity index (χ0) is 21.5. The summed E-state index contributed by atoms with van der Waals surface area (Å²) < 4.78 is 15.8. The lowest BCUT2D eigenvalue weighted by atomic mass is 10.1. The molecule has 1 heterocycles. The van der Waals surface area contributed by atoms with E-state index in [1.54, 1.807) is 32.0 Å². The molecule has 3 rings (SSSR count). The van der Waals surface area contributed by atoms with Gasteiger partial charge in [0.1, 0.15) is 11.3 Å². The van der Waals surface area contributed by atoms with E-state index in [1.165, 1.54) is 6.20 Å². The maximum absolute atomic E-state index is 12.5. The average Bonchev–Trinajstić information content (AvgIpc) is 2.75. The summed E-state index contributed by atoms with van der Waals surface area (Å²) in [5.74, 6) is -0.187. The third-order valence-electron chi connectivity index (χ3n) is 4.31. The first-order valence-corrected chi connectivity index (χ1v) is 9.84. The minimum Gasteiger partial charge on any atom is -0.494 e. The third kappa shape index (κ3) is 4.68. The van der Waals surface area contributed by atoms with E-state index in [0.717, 1.165) is 11.4 Å². The predicted octanol–water partition coefficient (Wildman–Crippen LogP) is 4.73. The van der Waals surface area contributed by atoms with Gasteiger partial charge in [-0.25, -0.2) is 9.59 Å². The fourth-order valence-corrected chi connectivity index (χ4v) is 2.98. The van der Waals surface area contributed by atoms with E-state index in [-0.39, 0.29) is 18.8 Å². The highest BCUT2D eigenvalue weighted by Crippen LogP contribution is 2.31. The summed E-state index contributed by atoms with van der Waals surface area (Å²) in [5, 5.41) is 3.88. The Morgan fingerprint density at radius 2 is 1.60 bits per heavy atom. The van der Waals surface area contributed by atoms with Crippen LogP contribution in [0.25, 0.3) is 10.9 Å². The highest BCUT2D eigenvalue weighted by molar-refractivity contribution is 6.07. The van der Waals surface area contributed by atoms with Crippen LogP contribution in [0.15, 0.2) is 48.7 Å². The molecule has 0 saturated carbocycles. The van der Waals surface area contributed by atoms with Crippen molar-refractivity contribution in [1.82, 2.24) is 4.98 Å². The van der Waals surface area contributed by atoms with Crippen molar-refractivity contribution >= 4 is 34.2 Å². The first kappa shape index (κ1) is 21.1. The molecule has 3 aromatic rings. The van der Waals surface area contributed by atoms with E-state index >= 15 is 0 Å². The van der Waals surface area contributed by atoms with Crippen LogP contribution in [0.2, 0.25) is 0 Å². The molecule has 7 heteroatoms. The number of rotatable bonds is 8. The van der Waals surface area contributed by atoms with Gasteiger partial charge in [-0.05, 0) is 63.2 Å². The lowest BCUT2D eigenvalue weighted by Gasteiger charge is -2.15. The van der Waals surface area contributed by atoms with Gasteiger partial charge >= 0.3 is 11.9 Å². The number of hydrogen-bond donors (Lipinski definition) is 1. The molecule has 0 saturated heterocycles. The number of anilines is 2. The number of carbonyl (C=O) groups excluding carboxylic acids is 2. The molecule has 1 N–H and O–H groups in total. The van der Waals surface area contributed by atoms with Gasteiger partial charge in [0, 0.05) is 17.3 Å². The second-order valence-corrected chi connectivity index (χ2v) is 6.30. The Balaban J connectivity index is 2.10. The number of benzene rings is 2. The van der Waals surface area contributed by atoms with Crippen LogP contribution >= 0.6 is 0 Å². The van der Waals surface area contributed by atoms with Gasteiger partial charge in [-0.2, -0.15) is 0 Å². The number of nitrogens with zero attached hydrogens (tertiary/aromatic N) is 1. The van der Waals surface area contributed by atoms with E-state index in [1.807, 2.05) is 31.2 Å². The maximum Gasteiger partial charge on any atom is 0.341 e. The zero-order valence-corrected chi connectivity index (χ0v) is 17.2. The molecule has 1 aromatic heterocycles. The molecule has 0 aliphatic heterocycles. The van der Waals surface area contributed by atoms with Crippen LogP contribution in [0.3, 0.4) is 0 Å². The summed E-state index contributed by atoms with van der Waals surface area (Å²) in [4.78, 5) is 29.1. The number of fused-ring (bicyclic) bond motifs is 1. The highest BCUT2D eigenvalue weighted by Gasteiger charge is 2.18. The second kappa shape index (κ2) is 9.73.